The van der Waals surface area contributed by atoms with E-state index in [-0.39, 0.29) is 11.9 Å². The SMILES string of the molecule is CCN(CCC(=O)Nc1sc2c(c1C#N)CCCC2)C(C)c1ccc(C#N)cc1. The van der Waals surface area contributed by atoms with Gasteiger partial charge >= 0.3 is 0 Å². The molecule has 0 saturated carbocycles. The molecule has 0 bridgehead atoms. The summed E-state index contributed by atoms with van der Waals surface area (Å²) in [4.78, 5) is 16.1. The van der Waals surface area contributed by atoms with E-state index in [0.717, 1.165) is 43.4 Å². The molecule has 0 spiro atoms. The van der Waals surface area contributed by atoms with E-state index in [9.17, 15) is 10.1 Å². The van der Waals surface area contributed by atoms with Gasteiger partial charge in [0.2, 0.25) is 5.91 Å². The van der Waals surface area contributed by atoms with Crippen LogP contribution < -0.4 is 5.32 Å². The molecule has 0 aliphatic heterocycles. The summed E-state index contributed by atoms with van der Waals surface area (Å²) in [6.45, 7) is 5.66. The number of aryl methyl sites for hydroxylation is 1. The number of anilines is 1. The van der Waals surface area contributed by atoms with Gasteiger partial charge in [-0.2, -0.15) is 10.5 Å². The minimum Gasteiger partial charge on any atom is -0.317 e. The Morgan fingerprint density at radius 1 is 1.21 bits per heavy atom. The molecule has 1 aromatic heterocycles. The van der Waals surface area contributed by atoms with Crippen LogP contribution in [0.25, 0.3) is 0 Å². The fourth-order valence-corrected chi connectivity index (χ4v) is 5.14. The third-order valence-corrected chi connectivity index (χ3v) is 6.85. The second kappa shape index (κ2) is 9.69. The van der Waals surface area contributed by atoms with Crippen LogP contribution in [0.1, 0.15) is 66.3 Å². The molecule has 29 heavy (non-hydrogen) atoms. The van der Waals surface area contributed by atoms with Crippen molar-refractivity contribution in [3.05, 3.63) is 51.4 Å². The number of amides is 1. The van der Waals surface area contributed by atoms with E-state index in [2.05, 4.69) is 36.2 Å². The monoisotopic (exact) mass is 406 g/mol. The summed E-state index contributed by atoms with van der Waals surface area (Å²) in [6, 6.07) is 12.2. The first-order valence-corrected chi connectivity index (χ1v) is 11.0. The zero-order valence-electron chi connectivity index (χ0n) is 17.0. The Morgan fingerprint density at radius 3 is 2.59 bits per heavy atom. The summed E-state index contributed by atoms with van der Waals surface area (Å²) < 4.78 is 0. The van der Waals surface area contributed by atoms with Gasteiger partial charge in [-0.05, 0) is 62.4 Å². The number of hydrogen-bond donors (Lipinski definition) is 1. The summed E-state index contributed by atoms with van der Waals surface area (Å²) in [5.41, 5.74) is 3.58. The van der Waals surface area contributed by atoms with E-state index in [4.69, 9.17) is 5.26 Å². The van der Waals surface area contributed by atoms with Gasteiger partial charge in [-0.1, -0.05) is 19.1 Å². The predicted molar refractivity (Wildman–Crippen MR) is 116 cm³/mol. The van der Waals surface area contributed by atoms with Gasteiger partial charge in [0.15, 0.2) is 0 Å². The molecule has 0 radical (unpaired) electrons. The largest absolute Gasteiger partial charge is 0.317 e. The maximum absolute atomic E-state index is 12.6. The van der Waals surface area contributed by atoms with Crippen LogP contribution in [0, 0.1) is 22.7 Å². The van der Waals surface area contributed by atoms with Gasteiger partial charge in [0.1, 0.15) is 11.1 Å². The van der Waals surface area contributed by atoms with Crippen molar-refractivity contribution in [3.8, 4) is 12.1 Å². The van der Waals surface area contributed by atoms with Gasteiger partial charge in [-0.25, -0.2) is 0 Å². The van der Waals surface area contributed by atoms with Crippen molar-refractivity contribution >= 4 is 22.2 Å². The van der Waals surface area contributed by atoms with Crippen LogP contribution >= 0.6 is 11.3 Å². The van der Waals surface area contributed by atoms with Gasteiger partial charge in [-0.15, -0.1) is 11.3 Å². The molecule has 0 fully saturated rings. The van der Waals surface area contributed by atoms with E-state index in [1.165, 1.54) is 4.88 Å². The molecule has 2 aromatic rings. The van der Waals surface area contributed by atoms with E-state index in [1.54, 1.807) is 11.3 Å². The lowest BCUT2D eigenvalue weighted by molar-refractivity contribution is -0.116. The molecule has 150 valence electrons. The second-order valence-corrected chi connectivity index (χ2v) is 8.47. The molecular formula is C23H26N4OS. The number of nitrogens with zero attached hydrogens (tertiary/aromatic N) is 3. The molecule has 1 aromatic carbocycles. The molecular weight excluding hydrogens is 380 g/mol. The number of fused-ring (bicyclic) bond motifs is 1. The molecule has 1 heterocycles. The van der Waals surface area contributed by atoms with Gasteiger partial charge in [0.05, 0.1) is 17.2 Å². The summed E-state index contributed by atoms with van der Waals surface area (Å²) in [5, 5.41) is 22.2. The summed E-state index contributed by atoms with van der Waals surface area (Å²) in [5.74, 6) is -0.0504. The predicted octanol–water partition coefficient (Wildman–Crippen LogP) is 4.78. The van der Waals surface area contributed by atoms with Crippen LogP contribution in [0.15, 0.2) is 24.3 Å². The normalized spacial score (nSPS) is 14.0. The van der Waals surface area contributed by atoms with E-state index in [1.807, 2.05) is 24.3 Å². The second-order valence-electron chi connectivity index (χ2n) is 7.36. The first-order chi connectivity index (χ1) is 14.1. The molecule has 1 aliphatic rings. The Labute approximate surface area is 176 Å². The first kappa shape index (κ1) is 21.0. The van der Waals surface area contributed by atoms with Crippen LogP contribution in [0.3, 0.4) is 0 Å². The van der Waals surface area contributed by atoms with Crippen molar-refractivity contribution in [1.29, 1.82) is 10.5 Å². The van der Waals surface area contributed by atoms with Crippen molar-refractivity contribution in [2.45, 2.75) is 52.0 Å². The first-order valence-electron chi connectivity index (χ1n) is 10.2. The minimum atomic E-state index is -0.0504. The number of rotatable bonds is 7. The zero-order chi connectivity index (χ0) is 20.8. The molecule has 1 N–H and O–H groups in total. The van der Waals surface area contributed by atoms with Crippen molar-refractivity contribution in [3.63, 3.8) is 0 Å². The number of nitriles is 2. The number of benzene rings is 1. The maximum atomic E-state index is 12.6. The molecule has 0 saturated heterocycles. The Bertz CT molecular complexity index is 949. The topological polar surface area (TPSA) is 79.9 Å². The van der Waals surface area contributed by atoms with Gasteiger partial charge in [-0.3, -0.25) is 9.69 Å². The van der Waals surface area contributed by atoms with Crippen molar-refractivity contribution in [1.82, 2.24) is 4.90 Å². The molecule has 1 aliphatic carbocycles. The summed E-state index contributed by atoms with van der Waals surface area (Å²) >= 11 is 1.57. The summed E-state index contributed by atoms with van der Waals surface area (Å²) in [7, 11) is 0. The quantitative estimate of drug-likeness (QED) is 0.717. The number of hydrogen-bond acceptors (Lipinski definition) is 5. The molecule has 6 heteroatoms. The van der Waals surface area contributed by atoms with Gasteiger partial charge < -0.3 is 5.32 Å². The van der Waals surface area contributed by atoms with Gasteiger partial charge in [0, 0.05) is 23.9 Å². The lowest BCUT2D eigenvalue weighted by Crippen LogP contribution is -2.30. The van der Waals surface area contributed by atoms with Crippen LogP contribution in [0.5, 0.6) is 0 Å². The fourth-order valence-electron chi connectivity index (χ4n) is 3.88. The van der Waals surface area contributed by atoms with Crippen LogP contribution in [-0.2, 0) is 17.6 Å². The average molecular weight is 407 g/mol. The van der Waals surface area contributed by atoms with Crippen molar-refractivity contribution < 1.29 is 4.79 Å². The van der Waals surface area contributed by atoms with Crippen molar-refractivity contribution in [2.75, 3.05) is 18.4 Å². The van der Waals surface area contributed by atoms with E-state index >= 15 is 0 Å². The third kappa shape index (κ3) is 4.85. The highest BCUT2D eigenvalue weighted by molar-refractivity contribution is 7.16. The van der Waals surface area contributed by atoms with Crippen LogP contribution in [-0.4, -0.2) is 23.9 Å². The van der Waals surface area contributed by atoms with Crippen LogP contribution in [0.2, 0.25) is 0 Å². The smallest absolute Gasteiger partial charge is 0.226 e. The minimum absolute atomic E-state index is 0.0504. The number of carbonyl (C=O) groups is 1. The Balaban J connectivity index is 1.61. The highest BCUT2D eigenvalue weighted by Crippen LogP contribution is 2.37. The Kier molecular flexibility index (Phi) is 7.04. The highest BCUT2D eigenvalue weighted by atomic mass is 32.1. The van der Waals surface area contributed by atoms with E-state index in [0.29, 0.717) is 29.1 Å². The van der Waals surface area contributed by atoms with Crippen molar-refractivity contribution in [2.24, 2.45) is 0 Å². The number of thiophene rings is 1. The Morgan fingerprint density at radius 2 is 1.93 bits per heavy atom. The molecule has 1 atom stereocenters. The number of nitrogens with one attached hydrogen (secondary N) is 1. The third-order valence-electron chi connectivity index (χ3n) is 5.64. The Hall–Kier alpha value is -2.67. The van der Waals surface area contributed by atoms with Gasteiger partial charge in [0.25, 0.3) is 0 Å². The zero-order valence-corrected chi connectivity index (χ0v) is 17.8. The molecule has 1 amide bonds. The highest BCUT2D eigenvalue weighted by Gasteiger charge is 2.22. The number of carbonyl (C=O) groups excluding carboxylic acids is 1. The molecule has 5 nitrogen and oxygen atoms in total. The summed E-state index contributed by atoms with van der Waals surface area (Å²) in [6.07, 6.45) is 4.60. The van der Waals surface area contributed by atoms with E-state index < -0.39 is 0 Å². The lowest BCUT2D eigenvalue weighted by atomic mass is 9.96. The maximum Gasteiger partial charge on any atom is 0.226 e. The molecule has 1 unspecified atom stereocenters. The molecule has 3 rings (SSSR count). The fraction of sp³-hybridized carbons (Fsp3) is 0.435. The lowest BCUT2D eigenvalue weighted by Gasteiger charge is -2.28. The standard InChI is InChI=1S/C23H26N4OS/c1-3-27(16(2)18-10-8-17(14-24)9-11-18)13-12-22(28)26-23-20(15-25)19-6-4-5-7-21(19)29-23/h8-11,16H,3-7,12-13H2,1-2H3,(H,26,28). The average Bonchev–Trinajstić information content (AvgIpc) is 3.10. The van der Waals surface area contributed by atoms with Crippen LogP contribution in [0.4, 0.5) is 5.00 Å².